The molecule has 29 heavy (non-hydrogen) atoms. The molecule has 0 radical (unpaired) electrons. The smallest absolute Gasteiger partial charge is 0.280 e. The van der Waals surface area contributed by atoms with Gasteiger partial charge in [-0.15, -0.1) is 22.7 Å². The number of carbonyl (C=O) groups is 2. The lowest BCUT2D eigenvalue weighted by Crippen LogP contribution is -2.26. The van der Waals surface area contributed by atoms with Gasteiger partial charge >= 0.3 is 0 Å². The number of aliphatic hydroxyl groups excluding tert-OH is 1. The highest BCUT2D eigenvalue weighted by Crippen LogP contribution is 2.32. The number of hydrogen-bond donors (Lipinski definition) is 3. The highest BCUT2D eigenvalue weighted by atomic mass is 32.1. The zero-order valence-corrected chi connectivity index (χ0v) is 16.8. The number of aliphatic hydroxyl groups is 1. The summed E-state index contributed by atoms with van der Waals surface area (Å²) in [6, 6.07) is 3.41. The largest absolute Gasteiger partial charge is 0.395 e. The topological polar surface area (TPSA) is 104 Å². The van der Waals surface area contributed by atoms with Gasteiger partial charge in [0.1, 0.15) is 11.6 Å². The van der Waals surface area contributed by atoms with Crippen molar-refractivity contribution in [1.82, 2.24) is 15.3 Å². The Labute approximate surface area is 172 Å². The van der Waals surface area contributed by atoms with Gasteiger partial charge in [-0.05, 0) is 19.1 Å². The number of nitrogens with one attached hydrogen (secondary N) is 2. The molecule has 3 rings (SSSR count). The van der Waals surface area contributed by atoms with Crippen LogP contribution in [-0.2, 0) is 11.2 Å². The first kappa shape index (κ1) is 21.0. The van der Waals surface area contributed by atoms with Gasteiger partial charge in [0.15, 0.2) is 10.1 Å². The van der Waals surface area contributed by atoms with Crippen molar-refractivity contribution in [3.63, 3.8) is 0 Å². The molecule has 0 saturated carbocycles. The molecule has 0 saturated heterocycles. The molecule has 0 aliphatic carbocycles. The van der Waals surface area contributed by atoms with Gasteiger partial charge in [-0.25, -0.2) is 18.7 Å². The Bertz CT molecular complexity index is 1030. The summed E-state index contributed by atoms with van der Waals surface area (Å²) in [5.41, 5.74) is 0.818. The fraction of sp³-hybridized carbons (Fsp3) is 0.222. The van der Waals surface area contributed by atoms with E-state index in [0.29, 0.717) is 16.3 Å². The first-order valence-corrected chi connectivity index (χ1v) is 10.1. The molecule has 0 fully saturated rings. The number of carbonyl (C=O) groups excluding carboxylic acids is 2. The molecule has 0 aliphatic heterocycles. The van der Waals surface area contributed by atoms with Gasteiger partial charge < -0.3 is 15.7 Å². The maximum Gasteiger partial charge on any atom is 0.280 e. The Morgan fingerprint density at radius 2 is 1.93 bits per heavy atom. The van der Waals surface area contributed by atoms with E-state index < -0.39 is 29.9 Å². The summed E-state index contributed by atoms with van der Waals surface area (Å²) in [7, 11) is 0. The minimum absolute atomic E-state index is 0.127. The average Bonchev–Trinajstić information content (AvgIpc) is 3.29. The van der Waals surface area contributed by atoms with Crippen LogP contribution in [0.3, 0.4) is 0 Å². The van der Waals surface area contributed by atoms with E-state index in [2.05, 4.69) is 20.6 Å². The van der Waals surface area contributed by atoms with Gasteiger partial charge in [0.05, 0.1) is 29.3 Å². The van der Waals surface area contributed by atoms with Crippen molar-refractivity contribution >= 4 is 39.6 Å². The van der Waals surface area contributed by atoms with Crippen molar-refractivity contribution in [3.05, 3.63) is 51.5 Å². The van der Waals surface area contributed by atoms with E-state index in [1.807, 2.05) is 0 Å². The summed E-state index contributed by atoms with van der Waals surface area (Å²) in [6.07, 6.45) is -0.456. The van der Waals surface area contributed by atoms with Crippen LogP contribution in [0.1, 0.15) is 21.1 Å². The van der Waals surface area contributed by atoms with E-state index in [-0.39, 0.29) is 28.9 Å². The second-order valence-corrected chi connectivity index (χ2v) is 7.73. The summed E-state index contributed by atoms with van der Waals surface area (Å²) in [4.78, 5) is 33.3. The van der Waals surface area contributed by atoms with Gasteiger partial charge in [-0.1, -0.05) is 6.07 Å². The van der Waals surface area contributed by atoms with Gasteiger partial charge in [-0.2, -0.15) is 0 Å². The first-order valence-electron chi connectivity index (χ1n) is 8.44. The van der Waals surface area contributed by atoms with Crippen molar-refractivity contribution in [1.29, 1.82) is 0 Å². The lowest BCUT2D eigenvalue weighted by atomic mass is 10.1. The zero-order valence-electron chi connectivity index (χ0n) is 15.2. The fourth-order valence-electron chi connectivity index (χ4n) is 2.44. The molecule has 3 N–H and O–H groups in total. The molecule has 0 spiro atoms. The number of benzene rings is 1. The third-order valence-electron chi connectivity index (χ3n) is 3.77. The van der Waals surface area contributed by atoms with Crippen molar-refractivity contribution in [2.45, 2.75) is 13.3 Å². The van der Waals surface area contributed by atoms with E-state index in [4.69, 9.17) is 5.11 Å². The average molecular weight is 438 g/mol. The Hall–Kier alpha value is -2.76. The van der Waals surface area contributed by atoms with Crippen LogP contribution in [0.2, 0.25) is 0 Å². The van der Waals surface area contributed by atoms with Crippen LogP contribution in [-0.4, -0.2) is 40.0 Å². The van der Waals surface area contributed by atoms with Gasteiger partial charge in [0.2, 0.25) is 5.91 Å². The molecule has 152 valence electrons. The molecule has 7 nitrogen and oxygen atoms in total. The van der Waals surface area contributed by atoms with E-state index >= 15 is 0 Å². The Balaban J connectivity index is 1.70. The lowest BCUT2D eigenvalue weighted by Gasteiger charge is -2.04. The molecule has 11 heteroatoms. The Morgan fingerprint density at radius 1 is 1.21 bits per heavy atom. The molecule has 1 aromatic carbocycles. The maximum absolute atomic E-state index is 13.7. The third kappa shape index (κ3) is 5.00. The minimum atomic E-state index is -0.785. The summed E-state index contributed by atoms with van der Waals surface area (Å²) >= 11 is 2.28. The van der Waals surface area contributed by atoms with Crippen LogP contribution in [0, 0.1) is 18.6 Å². The minimum Gasteiger partial charge on any atom is -0.395 e. The molecule has 0 unspecified atom stereocenters. The van der Waals surface area contributed by atoms with Crippen LogP contribution < -0.4 is 10.6 Å². The van der Waals surface area contributed by atoms with Crippen LogP contribution in [0.4, 0.5) is 13.9 Å². The summed E-state index contributed by atoms with van der Waals surface area (Å²) < 4.78 is 27.4. The number of rotatable bonds is 7. The highest BCUT2D eigenvalue weighted by Gasteiger charge is 2.19. The SMILES string of the molecule is Cc1nc(C(=O)NCCO)sc1-c1csc(NC(=O)Cc2c(F)cccc2F)n1. The normalized spacial score (nSPS) is 10.8. The number of hydrogen-bond acceptors (Lipinski definition) is 7. The zero-order chi connectivity index (χ0) is 21.0. The van der Waals surface area contributed by atoms with Crippen molar-refractivity contribution in [2.24, 2.45) is 0 Å². The standard InChI is InChI=1S/C18H16F2N4O3S2/c1-9-15(29-17(22-9)16(27)21-5-6-25)13-8-28-18(23-13)24-14(26)7-10-11(19)3-2-4-12(10)20/h2-4,8,25H,5-7H2,1H3,(H,21,27)(H,23,24,26). The van der Waals surface area contributed by atoms with Crippen molar-refractivity contribution < 1.29 is 23.5 Å². The molecule has 2 amide bonds. The van der Waals surface area contributed by atoms with Crippen LogP contribution in [0.5, 0.6) is 0 Å². The predicted molar refractivity (Wildman–Crippen MR) is 106 cm³/mol. The summed E-state index contributed by atoms with van der Waals surface area (Å²) in [5, 5.41) is 16.0. The van der Waals surface area contributed by atoms with Crippen molar-refractivity contribution in [3.8, 4) is 10.6 Å². The van der Waals surface area contributed by atoms with Crippen LogP contribution >= 0.6 is 22.7 Å². The number of aromatic nitrogens is 2. The number of thiazole rings is 2. The number of anilines is 1. The number of aryl methyl sites for hydroxylation is 1. The van der Waals surface area contributed by atoms with E-state index in [1.165, 1.54) is 6.07 Å². The Kier molecular flexibility index (Phi) is 6.62. The van der Waals surface area contributed by atoms with Crippen LogP contribution in [0.25, 0.3) is 10.6 Å². The highest BCUT2D eigenvalue weighted by molar-refractivity contribution is 7.18. The van der Waals surface area contributed by atoms with Crippen molar-refractivity contribution in [2.75, 3.05) is 18.5 Å². The molecule has 0 bridgehead atoms. The van der Waals surface area contributed by atoms with E-state index in [9.17, 15) is 18.4 Å². The second kappa shape index (κ2) is 9.16. The number of nitrogens with zero attached hydrogens (tertiary/aromatic N) is 2. The molecular weight excluding hydrogens is 422 g/mol. The predicted octanol–water partition coefficient (Wildman–Crippen LogP) is 2.76. The molecule has 0 atom stereocenters. The molecule has 2 heterocycles. The number of amides is 2. The maximum atomic E-state index is 13.7. The lowest BCUT2D eigenvalue weighted by molar-refractivity contribution is -0.115. The third-order valence-corrected chi connectivity index (χ3v) is 5.71. The van der Waals surface area contributed by atoms with Gasteiger partial charge in [0, 0.05) is 17.5 Å². The van der Waals surface area contributed by atoms with E-state index in [0.717, 1.165) is 34.8 Å². The summed E-state index contributed by atoms with van der Waals surface area (Å²) in [6.45, 7) is 1.68. The Morgan fingerprint density at radius 3 is 2.62 bits per heavy atom. The monoisotopic (exact) mass is 438 g/mol. The number of halogens is 2. The first-order chi connectivity index (χ1) is 13.9. The molecule has 3 aromatic rings. The summed E-state index contributed by atoms with van der Waals surface area (Å²) in [5.74, 6) is -2.56. The van der Waals surface area contributed by atoms with E-state index in [1.54, 1.807) is 12.3 Å². The van der Waals surface area contributed by atoms with Crippen LogP contribution in [0.15, 0.2) is 23.6 Å². The molecule has 0 aliphatic rings. The fourth-order valence-corrected chi connectivity index (χ4v) is 4.17. The quantitative estimate of drug-likeness (QED) is 0.526. The molecular formula is C18H16F2N4O3S2. The molecule has 2 aromatic heterocycles. The van der Waals surface area contributed by atoms with Gasteiger partial charge in [0.25, 0.3) is 5.91 Å². The second-order valence-electron chi connectivity index (χ2n) is 5.88. The van der Waals surface area contributed by atoms with Gasteiger partial charge in [-0.3, -0.25) is 9.59 Å².